The van der Waals surface area contributed by atoms with E-state index in [1.807, 2.05) is 0 Å². The number of hydrogen-bond acceptors (Lipinski definition) is 1. The summed E-state index contributed by atoms with van der Waals surface area (Å²) in [6.07, 6.45) is 4.05. The second-order valence-electron chi connectivity index (χ2n) is 10.2. The minimum atomic E-state index is 0.450. The van der Waals surface area contributed by atoms with Gasteiger partial charge in [0.25, 0.3) is 0 Å². The molecule has 0 spiro atoms. The number of hydrogen-bond donors (Lipinski definition) is 1. The average Bonchev–Trinajstić information content (AvgIpc) is 3.20. The van der Waals surface area contributed by atoms with Gasteiger partial charge in [0.05, 0.1) is 0 Å². The molecule has 0 bridgehead atoms. The maximum absolute atomic E-state index is 3.83. The van der Waals surface area contributed by atoms with Gasteiger partial charge >= 0.3 is 0 Å². The van der Waals surface area contributed by atoms with Gasteiger partial charge in [-0.1, -0.05) is 76.6 Å². The van der Waals surface area contributed by atoms with Crippen LogP contribution in [0.5, 0.6) is 0 Å². The van der Waals surface area contributed by atoms with Crippen molar-refractivity contribution in [2.24, 2.45) is 0 Å². The van der Waals surface area contributed by atoms with Crippen molar-refractivity contribution in [3.63, 3.8) is 0 Å². The molecule has 4 aromatic rings. The minimum Gasteiger partial charge on any atom is -0.357 e. The van der Waals surface area contributed by atoms with Crippen LogP contribution in [0.15, 0.2) is 54.6 Å². The molecule has 5 rings (SSSR count). The molecule has 0 atom stereocenters. The van der Waals surface area contributed by atoms with Crippen molar-refractivity contribution in [3.05, 3.63) is 71.4 Å². The van der Waals surface area contributed by atoms with E-state index >= 15 is 0 Å². The zero-order valence-electron chi connectivity index (χ0n) is 20.0. The fraction of sp³-hybridized carbons (Fsp3) is 0.400. The Kier molecular flexibility index (Phi) is 5.82. The van der Waals surface area contributed by atoms with Gasteiger partial charge in [-0.15, -0.1) is 0 Å². The van der Waals surface area contributed by atoms with Crippen LogP contribution >= 0.6 is 0 Å². The highest BCUT2D eigenvalue weighted by Gasteiger charge is 2.18. The van der Waals surface area contributed by atoms with Crippen LogP contribution in [-0.4, -0.2) is 23.0 Å². The molecule has 2 heterocycles. The topological polar surface area (TPSA) is 19.0 Å². The maximum Gasteiger partial charge on any atom is 0.0497 e. The van der Waals surface area contributed by atoms with Crippen molar-refractivity contribution in [2.45, 2.75) is 65.3 Å². The molecule has 0 saturated carbocycles. The molecule has 1 N–H and O–H groups in total. The fourth-order valence-corrected chi connectivity index (χ4v) is 5.54. The van der Waals surface area contributed by atoms with Crippen molar-refractivity contribution in [2.75, 3.05) is 13.1 Å². The SMILES string of the molecule is CC(C)c1cccc2ccc(-c3ccc4cc(CN5CCCCC5)[nH]c4c3C(C)C)cc12. The standard InChI is InChI=1S/C30H36N2/c1-20(2)26-10-8-9-22-11-12-23(18-28(22)26)27-14-13-24-17-25(19-32-15-6-5-7-16-32)31-30(24)29(27)21(3)4/h8-14,17-18,20-21,31H,5-7,15-16,19H2,1-4H3. The lowest BCUT2D eigenvalue weighted by Crippen LogP contribution is -2.29. The molecule has 1 aliphatic heterocycles. The number of aromatic amines is 1. The van der Waals surface area contributed by atoms with E-state index in [0.717, 1.165) is 6.54 Å². The lowest BCUT2D eigenvalue weighted by Gasteiger charge is -2.25. The Morgan fingerprint density at radius 3 is 2.34 bits per heavy atom. The molecule has 1 saturated heterocycles. The number of nitrogens with one attached hydrogen (secondary N) is 1. The number of nitrogens with zero attached hydrogens (tertiary/aromatic N) is 1. The first-order valence-corrected chi connectivity index (χ1v) is 12.4. The molecular formula is C30H36N2. The molecule has 0 amide bonds. The van der Waals surface area contributed by atoms with Gasteiger partial charge in [0.2, 0.25) is 0 Å². The Labute approximate surface area is 192 Å². The summed E-state index contributed by atoms with van der Waals surface area (Å²) in [7, 11) is 0. The Bertz CT molecular complexity index is 1240. The second-order valence-corrected chi connectivity index (χ2v) is 10.2. The Hall–Kier alpha value is -2.58. The van der Waals surface area contributed by atoms with E-state index in [1.165, 1.54) is 82.0 Å². The van der Waals surface area contributed by atoms with Gasteiger partial charge in [0.15, 0.2) is 0 Å². The molecule has 0 aliphatic carbocycles. The quantitative estimate of drug-likeness (QED) is 0.342. The van der Waals surface area contributed by atoms with Crippen LogP contribution in [0.1, 0.15) is 75.6 Å². The summed E-state index contributed by atoms with van der Waals surface area (Å²) in [5, 5.41) is 4.05. The van der Waals surface area contributed by atoms with Gasteiger partial charge in [0, 0.05) is 23.1 Å². The number of benzene rings is 3. The summed E-state index contributed by atoms with van der Waals surface area (Å²) in [5.74, 6) is 0.966. The van der Waals surface area contributed by atoms with Crippen LogP contribution in [0.3, 0.4) is 0 Å². The number of aromatic nitrogens is 1. The Morgan fingerprint density at radius 2 is 1.59 bits per heavy atom. The van der Waals surface area contributed by atoms with Crippen LogP contribution in [0.25, 0.3) is 32.8 Å². The summed E-state index contributed by atoms with van der Waals surface area (Å²) < 4.78 is 0. The molecular weight excluding hydrogens is 388 g/mol. The van der Waals surface area contributed by atoms with Gasteiger partial charge in [-0.05, 0) is 82.9 Å². The van der Waals surface area contributed by atoms with Gasteiger partial charge in [0.1, 0.15) is 0 Å². The van der Waals surface area contributed by atoms with E-state index in [4.69, 9.17) is 0 Å². The third kappa shape index (κ3) is 3.97. The molecule has 1 aromatic heterocycles. The van der Waals surface area contributed by atoms with Crippen LogP contribution < -0.4 is 0 Å². The minimum absolute atomic E-state index is 0.450. The van der Waals surface area contributed by atoms with E-state index in [2.05, 4.69) is 92.2 Å². The number of fused-ring (bicyclic) bond motifs is 2. The molecule has 2 heteroatoms. The van der Waals surface area contributed by atoms with Gasteiger partial charge < -0.3 is 4.98 Å². The molecule has 1 fully saturated rings. The van der Waals surface area contributed by atoms with E-state index < -0.39 is 0 Å². The third-order valence-electron chi connectivity index (χ3n) is 7.16. The molecule has 2 nitrogen and oxygen atoms in total. The highest BCUT2D eigenvalue weighted by molar-refractivity contribution is 5.95. The van der Waals surface area contributed by atoms with Crippen LogP contribution in [0, 0.1) is 0 Å². The molecule has 1 aliphatic rings. The predicted octanol–water partition coefficient (Wildman–Crippen LogP) is 8.22. The van der Waals surface area contributed by atoms with Crippen molar-refractivity contribution in [1.82, 2.24) is 9.88 Å². The third-order valence-corrected chi connectivity index (χ3v) is 7.16. The number of rotatable bonds is 5. The zero-order chi connectivity index (χ0) is 22.2. The zero-order valence-corrected chi connectivity index (χ0v) is 20.0. The first-order valence-electron chi connectivity index (χ1n) is 12.4. The summed E-state index contributed by atoms with van der Waals surface area (Å²) >= 11 is 0. The van der Waals surface area contributed by atoms with E-state index in [0.29, 0.717) is 11.8 Å². The average molecular weight is 425 g/mol. The number of likely N-dealkylation sites (tertiary alicyclic amines) is 1. The summed E-state index contributed by atoms with van der Waals surface area (Å²) in [4.78, 5) is 6.43. The van der Waals surface area contributed by atoms with E-state index in [1.54, 1.807) is 0 Å². The lowest BCUT2D eigenvalue weighted by atomic mass is 9.88. The molecule has 3 aromatic carbocycles. The summed E-state index contributed by atoms with van der Waals surface area (Å²) in [5.41, 5.74) is 8.22. The number of piperidine rings is 1. The van der Waals surface area contributed by atoms with E-state index in [-0.39, 0.29) is 0 Å². The normalized spacial score (nSPS) is 15.4. The van der Waals surface area contributed by atoms with Crippen LogP contribution in [-0.2, 0) is 6.54 Å². The highest BCUT2D eigenvalue weighted by Crippen LogP contribution is 2.37. The van der Waals surface area contributed by atoms with Crippen LogP contribution in [0.4, 0.5) is 0 Å². The van der Waals surface area contributed by atoms with Gasteiger partial charge in [-0.3, -0.25) is 4.90 Å². The lowest BCUT2D eigenvalue weighted by molar-refractivity contribution is 0.219. The Balaban J connectivity index is 1.60. The van der Waals surface area contributed by atoms with Gasteiger partial charge in [-0.25, -0.2) is 0 Å². The second kappa shape index (κ2) is 8.75. The first kappa shape index (κ1) is 21.3. The van der Waals surface area contributed by atoms with E-state index in [9.17, 15) is 0 Å². The number of H-pyrrole nitrogens is 1. The van der Waals surface area contributed by atoms with Crippen molar-refractivity contribution in [3.8, 4) is 11.1 Å². The van der Waals surface area contributed by atoms with Crippen molar-refractivity contribution >= 4 is 21.7 Å². The van der Waals surface area contributed by atoms with Crippen molar-refractivity contribution in [1.29, 1.82) is 0 Å². The molecule has 0 unspecified atom stereocenters. The predicted molar refractivity (Wildman–Crippen MR) is 139 cm³/mol. The first-order chi connectivity index (χ1) is 15.5. The van der Waals surface area contributed by atoms with Crippen LogP contribution in [0.2, 0.25) is 0 Å². The maximum atomic E-state index is 3.83. The molecule has 32 heavy (non-hydrogen) atoms. The fourth-order valence-electron chi connectivity index (χ4n) is 5.54. The smallest absolute Gasteiger partial charge is 0.0497 e. The highest BCUT2D eigenvalue weighted by atomic mass is 15.1. The Morgan fingerprint density at radius 1 is 0.812 bits per heavy atom. The van der Waals surface area contributed by atoms with Crippen molar-refractivity contribution < 1.29 is 0 Å². The monoisotopic (exact) mass is 424 g/mol. The summed E-state index contributed by atoms with van der Waals surface area (Å²) in [6, 6.07) is 20.7. The molecule has 0 radical (unpaired) electrons. The molecule has 166 valence electrons. The summed E-state index contributed by atoms with van der Waals surface area (Å²) in [6.45, 7) is 12.7. The largest absolute Gasteiger partial charge is 0.357 e. The van der Waals surface area contributed by atoms with Gasteiger partial charge in [-0.2, -0.15) is 0 Å².